The van der Waals surface area contributed by atoms with Gasteiger partial charge in [-0.2, -0.15) is 0 Å². The molecule has 6 unspecified atom stereocenters. The normalized spacial score (nSPS) is 38.8. The highest BCUT2D eigenvalue weighted by Crippen LogP contribution is 2.56. The van der Waals surface area contributed by atoms with E-state index in [0.29, 0.717) is 5.41 Å². The summed E-state index contributed by atoms with van der Waals surface area (Å²) in [5.74, 6) is 4.18. The van der Waals surface area contributed by atoms with Crippen LogP contribution in [0.15, 0.2) is 34.9 Å². The molecule has 0 amide bonds. The minimum Gasteiger partial charge on any atom is -0.0859 e. The van der Waals surface area contributed by atoms with Crippen molar-refractivity contribution in [3.05, 3.63) is 34.9 Å². The van der Waals surface area contributed by atoms with Crippen molar-refractivity contribution in [1.29, 1.82) is 0 Å². The van der Waals surface area contributed by atoms with Crippen LogP contribution in [0.25, 0.3) is 0 Å². The van der Waals surface area contributed by atoms with Crippen LogP contribution < -0.4 is 0 Å². The predicted octanol–water partition coefficient (Wildman–Crippen LogP) is 7.72. The van der Waals surface area contributed by atoms with Crippen LogP contribution in [0, 0.1) is 35.0 Å². The molecule has 3 rings (SSSR count). The van der Waals surface area contributed by atoms with E-state index < -0.39 is 0 Å². The van der Waals surface area contributed by atoms with Crippen LogP contribution in [-0.4, -0.2) is 0 Å². The Kier molecular flexibility index (Phi) is 5.66. The first kappa shape index (κ1) is 19.0. The zero-order valence-electron chi connectivity index (χ0n) is 17.6. The molecule has 2 saturated carbocycles. The third-order valence-corrected chi connectivity index (χ3v) is 7.89. The zero-order chi connectivity index (χ0) is 18.2. The Morgan fingerprint density at radius 2 is 2.04 bits per heavy atom. The molecule has 0 spiro atoms. The average Bonchev–Trinajstić information content (AvgIpc) is 3.04. The second-order valence-electron chi connectivity index (χ2n) is 10.0. The molecule has 0 nitrogen and oxygen atoms in total. The molecule has 25 heavy (non-hydrogen) atoms. The van der Waals surface area contributed by atoms with Gasteiger partial charge in [-0.3, -0.25) is 0 Å². The van der Waals surface area contributed by atoms with Crippen molar-refractivity contribution >= 4 is 0 Å². The average molecular weight is 341 g/mol. The first-order chi connectivity index (χ1) is 11.8. The summed E-state index contributed by atoms with van der Waals surface area (Å²) in [6, 6.07) is 0. The van der Waals surface area contributed by atoms with Gasteiger partial charge in [0.15, 0.2) is 0 Å². The standard InChI is InChI=1S/C25H40/c1-17(2)8-7-9-18(3)22-14-15-25(6)16-23-20(5)10-12-21(23)19(4)11-13-24(22)25/h8,11,16,18,20-22,24H,7,9-10,12-15H2,1-6H3. The molecular weight excluding hydrogens is 300 g/mol. The van der Waals surface area contributed by atoms with E-state index in [1.165, 1.54) is 50.5 Å². The van der Waals surface area contributed by atoms with E-state index in [1.807, 2.05) is 0 Å². The van der Waals surface area contributed by atoms with Gasteiger partial charge in [0, 0.05) is 5.92 Å². The van der Waals surface area contributed by atoms with Gasteiger partial charge in [0.25, 0.3) is 0 Å². The summed E-state index contributed by atoms with van der Waals surface area (Å²) >= 11 is 0. The largest absolute Gasteiger partial charge is 0.0859 e. The molecule has 0 aromatic heterocycles. The van der Waals surface area contributed by atoms with Crippen LogP contribution in [0.1, 0.15) is 86.5 Å². The summed E-state index contributed by atoms with van der Waals surface area (Å²) < 4.78 is 0. The molecule has 0 N–H and O–H groups in total. The molecule has 6 atom stereocenters. The molecule has 0 saturated heterocycles. The molecule has 2 fully saturated rings. The summed E-state index contributed by atoms with van der Waals surface area (Å²) in [7, 11) is 0. The van der Waals surface area contributed by atoms with E-state index in [2.05, 4.69) is 59.8 Å². The van der Waals surface area contributed by atoms with Gasteiger partial charge in [0.2, 0.25) is 0 Å². The Morgan fingerprint density at radius 3 is 2.76 bits per heavy atom. The fourth-order valence-corrected chi connectivity index (χ4v) is 6.17. The third-order valence-electron chi connectivity index (χ3n) is 7.89. The van der Waals surface area contributed by atoms with E-state index in [-0.39, 0.29) is 0 Å². The van der Waals surface area contributed by atoms with Crippen molar-refractivity contribution < 1.29 is 0 Å². The first-order valence-electron chi connectivity index (χ1n) is 10.8. The second kappa shape index (κ2) is 7.45. The summed E-state index contributed by atoms with van der Waals surface area (Å²) in [6.45, 7) is 14.4. The van der Waals surface area contributed by atoms with E-state index in [9.17, 15) is 0 Å². The van der Waals surface area contributed by atoms with Crippen LogP contribution in [0.3, 0.4) is 0 Å². The van der Waals surface area contributed by atoms with E-state index in [1.54, 1.807) is 11.1 Å². The van der Waals surface area contributed by atoms with Gasteiger partial charge in [0.05, 0.1) is 0 Å². The molecule has 140 valence electrons. The van der Waals surface area contributed by atoms with Gasteiger partial charge in [-0.15, -0.1) is 0 Å². The number of fused-ring (bicyclic) bond motifs is 2. The van der Waals surface area contributed by atoms with E-state index in [0.717, 1.165) is 29.6 Å². The Labute approximate surface area is 156 Å². The number of hydrogen-bond donors (Lipinski definition) is 0. The van der Waals surface area contributed by atoms with Gasteiger partial charge in [-0.1, -0.05) is 55.7 Å². The molecule has 0 radical (unpaired) electrons. The maximum absolute atomic E-state index is 2.79. The van der Waals surface area contributed by atoms with Gasteiger partial charge >= 0.3 is 0 Å². The van der Waals surface area contributed by atoms with Crippen LogP contribution in [0.5, 0.6) is 0 Å². The molecule has 0 aromatic rings. The Morgan fingerprint density at radius 1 is 1.28 bits per heavy atom. The van der Waals surface area contributed by atoms with Crippen molar-refractivity contribution in [2.75, 3.05) is 0 Å². The van der Waals surface area contributed by atoms with Crippen LogP contribution >= 0.6 is 0 Å². The summed E-state index contributed by atoms with van der Waals surface area (Å²) in [5, 5.41) is 0. The van der Waals surface area contributed by atoms with Crippen LogP contribution in [-0.2, 0) is 0 Å². The molecular formula is C25H40. The Bertz CT molecular complexity index is 571. The molecule has 0 bridgehead atoms. The highest BCUT2D eigenvalue weighted by atomic mass is 14.5. The zero-order valence-corrected chi connectivity index (χ0v) is 17.6. The smallest absolute Gasteiger partial charge is 0.000723 e. The highest BCUT2D eigenvalue weighted by Gasteiger charge is 2.46. The second-order valence-corrected chi connectivity index (χ2v) is 10.0. The van der Waals surface area contributed by atoms with Crippen molar-refractivity contribution in [1.82, 2.24) is 0 Å². The fraction of sp³-hybridized carbons (Fsp3) is 0.760. The lowest BCUT2D eigenvalue weighted by atomic mass is 9.68. The molecule has 0 heterocycles. The van der Waals surface area contributed by atoms with Crippen molar-refractivity contribution in [3.63, 3.8) is 0 Å². The molecule has 0 aromatic carbocycles. The lowest BCUT2D eigenvalue weighted by molar-refractivity contribution is 0.196. The Hall–Kier alpha value is -0.780. The molecule has 0 heteroatoms. The van der Waals surface area contributed by atoms with Gasteiger partial charge in [0.1, 0.15) is 0 Å². The molecule has 0 aliphatic heterocycles. The quantitative estimate of drug-likeness (QED) is 0.459. The number of hydrogen-bond acceptors (Lipinski definition) is 0. The van der Waals surface area contributed by atoms with Crippen LogP contribution in [0.2, 0.25) is 0 Å². The fourth-order valence-electron chi connectivity index (χ4n) is 6.17. The third kappa shape index (κ3) is 3.83. The highest BCUT2D eigenvalue weighted by molar-refractivity contribution is 5.30. The maximum Gasteiger partial charge on any atom is 0.000723 e. The van der Waals surface area contributed by atoms with E-state index in [4.69, 9.17) is 0 Å². The Balaban J connectivity index is 1.81. The lowest BCUT2D eigenvalue weighted by Gasteiger charge is -2.37. The van der Waals surface area contributed by atoms with Crippen LogP contribution in [0.4, 0.5) is 0 Å². The lowest BCUT2D eigenvalue weighted by Crippen LogP contribution is -2.28. The minimum absolute atomic E-state index is 0.443. The van der Waals surface area contributed by atoms with Gasteiger partial charge in [-0.25, -0.2) is 0 Å². The van der Waals surface area contributed by atoms with Crippen molar-refractivity contribution in [3.8, 4) is 0 Å². The topological polar surface area (TPSA) is 0 Å². The predicted molar refractivity (Wildman–Crippen MR) is 110 cm³/mol. The number of rotatable bonds is 4. The summed E-state index contributed by atoms with van der Waals surface area (Å²) in [5.41, 5.74) is 5.37. The summed E-state index contributed by atoms with van der Waals surface area (Å²) in [6.07, 6.45) is 17.4. The van der Waals surface area contributed by atoms with Crippen molar-refractivity contribution in [2.24, 2.45) is 35.0 Å². The van der Waals surface area contributed by atoms with Gasteiger partial charge < -0.3 is 0 Å². The summed E-state index contributed by atoms with van der Waals surface area (Å²) in [4.78, 5) is 0. The maximum atomic E-state index is 2.79. The molecule has 3 aliphatic carbocycles. The minimum atomic E-state index is 0.443. The van der Waals surface area contributed by atoms with Crippen molar-refractivity contribution in [2.45, 2.75) is 86.5 Å². The SMILES string of the molecule is CC(C)=CCCC(C)C1CCC2(C)C=C3C(C)CCC3C(C)=CCC12. The molecule has 3 aliphatic rings. The number of allylic oxidation sites excluding steroid dienone is 6. The van der Waals surface area contributed by atoms with E-state index >= 15 is 0 Å². The monoisotopic (exact) mass is 340 g/mol. The van der Waals surface area contributed by atoms with Gasteiger partial charge in [-0.05, 0) is 94.8 Å². The first-order valence-corrected chi connectivity index (χ1v) is 10.8.